The van der Waals surface area contributed by atoms with Crippen LogP contribution in [0.5, 0.6) is 5.75 Å². The van der Waals surface area contributed by atoms with Gasteiger partial charge >= 0.3 is 0 Å². The second-order valence-corrected chi connectivity index (χ2v) is 5.69. The first-order valence-corrected chi connectivity index (χ1v) is 7.54. The zero-order valence-electron chi connectivity index (χ0n) is 11.3. The summed E-state index contributed by atoms with van der Waals surface area (Å²) in [4.78, 5) is 12.1. The van der Waals surface area contributed by atoms with Gasteiger partial charge in [0.15, 0.2) is 6.61 Å². The van der Waals surface area contributed by atoms with Gasteiger partial charge < -0.3 is 4.74 Å². The van der Waals surface area contributed by atoms with Crippen molar-refractivity contribution in [3.05, 3.63) is 62.6 Å². The Kier molecular flexibility index (Phi) is 5.51. The van der Waals surface area contributed by atoms with E-state index in [2.05, 4.69) is 0 Å². The molecule has 2 nitrogen and oxygen atoms in total. The maximum atomic E-state index is 12.1. The minimum atomic E-state index is -0.226. The van der Waals surface area contributed by atoms with Crippen LogP contribution in [0.25, 0.3) is 0 Å². The van der Waals surface area contributed by atoms with Gasteiger partial charge in [-0.25, -0.2) is 0 Å². The highest BCUT2D eigenvalue weighted by Gasteiger charge is 2.12. The Morgan fingerprint density at radius 1 is 1.05 bits per heavy atom. The van der Waals surface area contributed by atoms with Crippen LogP contribution in [0.15, 0.2) is 36.4 Å². The van der Waals surface area contributed by atoms with E-state index in [1.165, 1.54) is 6.07 Å². The van der Waals surface area contributed by atoms with E-state index in [0.717, 1.165) is 12.0 Å². The number of halogens is 3. The topological polar surface area (TPSA) is 26.3 Å². The van der Waals surface area contributed by atoms with Gasteiger partial charge in [-0.15, -0.1) is 0 Å². The van der Waals surface area contributed by atoms with Crippen LogP contribution in [-0.2, 0) is 6.42 Å². The summed E-state index contributed by atoms with van der Waals surface area (Å²) in [5.74, 6) is 0.373. The first kappa shape index (κ1) is 16.2. The fraction of sp³-hybridized carbons (Fsp3) is 0.188. The van der Waals surface area contributed by atoms with Crippen molar-refractivity contribution < 1.29 is 9.53 Å². The molecule has 110 valence electrons. The molecule has 0 atom stereocenters. The largest absolute Gasteiger partial charge is 0.485 e. The average Bonchev–Trinajstić information content (AvgIpc) is 2.48. The molecule has 2 rings (SSSR count). The molecule has 2 aromatic rings. The van der Waals surface area contributed by atoms with Gasteiger partial charge in [-0.05, 0) is 48.4 Å². The van der Waals surface area contributed by atoms with Gasteiger partial charge in [-0.3, -0.25) is 4.79 Å². The number of carbonyl (C=O) groups excluding carboxylic acids is 1. The lowest BCUT2D eigenvalue weighted by atomic mass is 10.1. The third kappa shape index (κ3) is 4.13. The second kappa shape index (κ2) is 7.17. The van der Waals surface area contributed by atoms with E-state index in [9.17, 15) is 4.79 Å². The molecule has 5 heteroatoms. The van der Waals surface area contributed by atoms with E-state index in [4.69, 9.17) is 39.5 Å². The molecule has 0 N–H and O–H groups in total. The minimum Gasteiger partial charge on any atom is -0.485 e. The number of Topliss-reactive ketones (excluding diaryl/α,β-unsaturated/α-hetero) is 1. The first-order chi connectivity index (χ1) is 10.0. The van der Waals surface area contributed by atoms with Crippen LogP contribution in [0.3, 0.4) is 0 Å². The van der Waals surface area contributed by atoms with Crippen LogP contribution in [0, 0.1) is 0 Å². The summed E-state index contributed by atoms with van der Waals surface area (Å²) in [6, 6.07) is 10.1. The normalized spacial score (nSPS) is 10.5. The molecular formula is C16H13Cl3O2. The molecule has 0 unspecified atom stereocenters. The molecule has 0 saturated heterocycles. The third-order valence-electron chi connectivity index (χ3n) is 3.00. The van der Waals surface area contributed by atoms with Gasteiger partial charge in [0.05, 0.1) is 5.02 Å². The molecule has 0 fully saturated rings. The van der Waals surface area contributed by atoms with Crippen LogP contribution >= 0.6 is 34.8 Å². The Bertz CT molecular complexity index is 669. The lowest BCUT2D eigenvalue weighted by Crippen LogP contribution is -2.12. The highest BCUT2D eigenvalue weighted by atomic mass is 35.5. The molecule has 0 spiro atoms. The Hall–Kier alpha value is -1.22. The zero-order chi connectivity index (χ0) is 15.4. The maximum absolute atomic E-state index is 12.1. The van der Waals surface area contributed by atoms with E-state index in [0.29, 0.717) is 26.4 Å². The van der Waals surface area contributed by atoms with Crippen molar-refractivity contribution in [1.29, 1.82) is 0 Å². The Balaban J connectivity index is 2.09. The summed E-state index contributed by atoms with van der Waals surface area (Å²) in [5, 5.41) is 1.51. The molecule has 21 heavy (non-hydrogen) atoms. The smallest absolute Gasteiger partial charge is 0.201 e. The monoisotopic (exact) mass is 342 g/mol. The predicted molar refractivity (Wildman–Crippen MR) is 87.1 cm³/mol. The number of hydrogen-bond donors (Lipinski definition) is 0. The molecular weight excluding hydrogens is 331 g/mol. The van der Waals surface area contributed by atoms with Gasteiger partial charge in [0, 0.05) is 15.6 Å². The molecule has 0 aromatic heterocycles. The molecule has 0 heterocycles. The van der Waals surface area contributed by atoms with Gasteiger partial charge in [-0.2, -0.15) is 0 Å². The maximum Gasteiger partial charge on any atom is 0.201 e. The number of benzene rings is 2. The standard InChI is InChI=1S/C16H13Cl3O2/c1-2-10-7-12(4-6-14(10)18)21-9-16(20)13-8-11(17)3-5-15(13)19/h3-8H,2,9H2,1H3. The van der Waals surface area contributed by atoms with Gasteiger partial charge in [0.2, 0.25) is 5.78 Å². The van der Waals surface area contributed by atoms with Crippen LogP contribution < -0.4 is 4.74 Å². The summed E-state index contributed by atoms with van der Waals surface area (Å²) in [7, 11) is 0. The summed E-state index contributed by atoms with van der Waals surface area (Å²) in [6.45, 7) is 1.90. The lowest BCUT2D eigenvalue weighted by Gasteiger charge is -2.09. The summed E-state index contributed by atoms with van der Waals surface area (Å²) >= 11 is 17.9. The number of hydrogen-bond acceptors (Lipinski definition) is 2. The van der Waals surface area contributed by atoms with Crippen LogP contribution in [0.4, 0.5) is 0 Å². The van der Waals surface area contributed by atoms with Crippen LogP contribution in [0.1, 0.15) is 22.8 Å². The van der Waals surface area contributed by atoms with Crippen molar-refractivity contribution in [3.8, 4) is 5.75 Å². The van der Waals surface area contributed by atoms with Crippen molar-refractivity contribution in [1.82, 2.24) is 0 Å². The Labute approximate surface area is 138 Å². The second-order valence-electron chi connectivity index (χ2n) is 4.44. The Morgan fingerprint density at radius 2 is 1.76 bits per heavy atom. The minimum absolute atomic E-state index is 0.106. The molecule has 0 bridgehead atoms. The molecule has 0 aliphatic carbocycles. The molecule has 2 aromatic carbocycles. The molecule has 0 aliphatic heterocycles. The third-order valence-corrected chi connectivity index (χ3v) is 3.93. The molecule has 0 radical (unpaired) electrons. The highest BCUT2D eigenvalue weighted by molar-refractivity contribution is 6.36. The van der Waals surface area contributed by atoms with Gasteiger partial charge in [0.25, 0.3) is 0 Å². The number of ketones is 1. The van der Waals surface area contributed by atoms with Crippen molar-refractivity contribution >= 4 is 40.6 Å². The summed E-state index contributed by atoms with van der Waals surface area (Å²) in [5.41, 5.74) is 1.33. The number of aryl methyl sites for hydroxylation is 1. The predicted octanol–water partition coefficient (Wildman–Crippen LogP) is 5.47. The van der Waals surface area contributed by atoms with Crippen molar-refractivity contribution in [2.24, 2.45) is 0 Å². The van der Waals surface area contributed by atoms with Crippen LogP contribution in [-0.4, -0.2) is 12.4 Å². The highest BCUT2D eigenvalue weighted by Crippen LogP contribution is 2.24. The van der Waals surface area contributed by atoms with Crippen molar-refractivity contribution in [3.63, 3.8) is 0 Å². The van der Waals surface area contributed by atoms with Crippen molar-refractivity contribution in [2.45, 2.75) is 13.3 Å². The zero-order valence-corrected chi connectivity index (χ0v) is 13.6. The molecule has 0 saturated carbocycles. The average molecular weight is 344 g/mol. The summed E-state index contributed by atoms with van der Waals surface area (Å²) in [6.07, 6.45) is 0.796. The van der Waals surface area contributed by atoms with Gasteiger partial charge in [-0.1, -0.05) is 41.7 Å². The fourth-order valence-electron chi connectivity index (χ4n) is 1.85. The quantitative estimate of drug-likeness (QED) is 0.673. The number of ether oxygens (including phenoxy) is 1. The van der Waals surface area contributed by atoms with Crippen molar-refractivity contribution in [2.75, 3.05) is 6.61 Å². The number of rotatable bonds is 5. The number of carbonyl (C=O) groups is 1. The Morgan fingerprint density at radius 3 is 2.48 bits per heavy atom. The van der Waals surface area contributed by atoms with E-state index in [1.807, 2.05) is 13.0 Å². The van der Waals surface area contributed by atoms with E-state index in [1.54, 1.807) is 24.3 Å². The fourth-order valence-corrected chi connectivity index (χ4v) is 2.50. The first-order valence-electron chi connectivity index (χ1n) is 6.40. The molecule has 0 amide bonds. The van der Waals surface area contributed by atoms with E-state index < -0.39 is 0 Å². The lowest BCUT2D eigenvalue weighted by molar-refractivity contribution is 0.0921. The SMILES string of the molecule is CCc1cc(OCC(=O)c2cc(Cl)ccc2Cl)ccc1Cl. The van der Waals surface area contributed by atoms with E-state index in [-0.39, 0.29) is 12.4 Å². The van der Waals surface area contributed by atoms with Gasteiger partial charge in [0.1, 0.15) is 5.75 Å². The summed E-state index contributed by atoms with van der Waals surface area (Å²) < 4.78 is 5.50. The van der Waals surface area contributed by atoms with E-state index >= 15 is 0 Å². The van der Waals surface area contributed by atoms with Crippen LogP contribution in [0.2, 0.25) is 15.1 Å². The molecule has 0 aliphatic rings.